The molecule has 0 aromatic heterocycles. The Kier molecular flexibility index (Phi) is 7.21. The van der Waals surface area contributed by atoms with Crippen LogP contribution in [0.4, 0.5) is 0 Å². The molecule has 1 rings (SSSR count). The molecule has 2 N–H and O–H groups in total. The van der Waals surface area contributed by atoms with Gasteiger partial charge in [0.25, 0.3) is 0 Å². The minimum atomic E-state index is 0.0965. The topological polar surface area (TPSA) is 50.4 Å². The van der Waals surface area contributed by atoms with E-state index < -0.39 is 0 Å². The van der Waals surface area contributed by atoms with Gasteiger partial charge < -0.3 is 15.4 Å². The number of carbonyl (C=O) groups excluding carboxylic acids is 1. The predicted octanol–water partition coefficient (Wildman–Crippen LogP) is 1.31. The third-order valence-electron chi connectivity index (χ3n) is 3.51. The summed E-state index contributed by atoms with van der Waals surface area (Å²) in [4.78, 5) is 11.6. The highest BCUT2D eigenvalue weighted by Crippen LogP contribution is 2.26. The number of nitrogens with one attached hydrogen (secondary N) is 2. The van der Waals surface area contributed by atoms with Crippen LogP contribution in [0, 0.1) is 5.92 Å². The molecule has 0 aliphatic heterocycles. The summed E-state index contributed by atoms with van der Waals surface area (Å²) < 4.78 is 4.91. The van der Waals surface area contributed by atoms with Crippen LogP contribution < -0.4 is 10.6 Å². The van der Waals surface area contributed by atoms with Crippen molar-refractivity contribution in [2.45, 2.75) is 45.1 Å². The van der Waals surface area contributed by atoms with Gasteiger partial charge in [-0.2, -0.15) is 0 Å². The summed E-state index contributed by atoms with van der Waals surface area (Å²) >= 11 is 0. The molecule has 0 aromatic rings. The molecule has 1 aliphatic rings. The Balaban J connectivity index is 2.11. The molecule has 0 radical (unpaired) electrons. The molecular formula is C13H26N2O2. The van der Waals surface area contributed by atoms with Crippen molar-refractivity contribution in [3.8, 4) is 0 Å². The standard InChI is InChI=1S/C13H26N2O2/c1-11(12-6-4-3-5-7-12)15-13(16)10-14-8-9-17-2/h11-12,14H,3-10H2,1-2H3,(H,15,16)/t11-/m0/s1. The SMILES string of the molecule is COCCNCC(=O)N[C@@H](C)C1CCCCC1. The maximum absolute atomic E-state index is 11.6. The summed E-state index contributed by atoms with van der Waals surface area (Å²) in [6, 6.07) is 0.312. The monoisotopic (exact) mass is 242 g/mol. The van der Waals surface area contributed by atoms with Crippen molar-refractivity contribution in [1.29, 1.82) is 0 Å². The second kappa shape index (κ2) is 8.48. The van der Waals surface area contributed by atoms with Crippen LogP contribution in [0.15, 0.2) is 0 Å². The van der Waals surface area contributed by atoms with Crippen LogP contribution in [0.3, 0.4) is 0 Å². The van der Waals surface area contributed by atoms with E-state index in [4.69, 9.17) is 4.74 Å². The normalized spacial score (nSPS) is 18.9. The summed E-state index contributed by atoms with van der Waals surface area (Å²) in [6.45, 7) is 3.89. The van der Waals surface area contributed by atoms with E-state index in [-0.39, 0.29) is 5.91 Å². The van der Waals surface area contributed by atoms with Gasteiger partial charge in [-0.05, 0) is 25.7 Å². The lowest BCUT2D eigenvalue weighted by Gasteiger charge is -2.28. The molecule has 4 heteroatoms. The molecule has 1 amide bonds. The zero-order valence-electron chi connectivity index (χ0n) is 11.1. The molecule has 17 heavy (non-hydrogen) atoms. The smallest absolute Gasteiger partial charge is 0.234 e. The molecule has 1 atom stereocenters. The quantitative estimate of drug-likeness (QED) is 0.662. The second-order valence-corrected chi connectivity index (χ2v) is 4.92. The third kappa shape index (κ3) is 6.03. The van der Waals surface area contributed by atoms with E-state index in [0.29, 0.717) is 25.1 Å². The van der Waals surface area contributed by atoms with Gasteiger partial charge >= 0.3 is 0 Å². The lowest BCUT2D eigenvalue weighted by atomic mass is 9.84. The molecule has 0 bridgehead atoms. The van der Waals surface area contributed by atoms with Crippen LogP contribution in [-0.4, -0.2) is 38.8 Å². The third-order valence-corrected chi connectivity index (χ3v) is 3.51. The number of hydrogen-bond donors (Lipinski definition) is 2. The van der Waals surface area contributed by atoms with Crippen molar-refractivity contribution in [2.24, 2.45) is 5.92 Å². The van der Waals surface area contributed by atoms with Gasteiger partial charge in [0, 0.05) is 19.7 Å². The predicted molar refractivity (Wildman–Crippen MR) is 68.9 cm³/mol. The fraction of sp³-hybridized carbons (Fsp3) is 0.923. The number of methoxy groups -OCH3 is 1. The molecule has 1 aliphatic carbocycles. The molecule has 0 aromatic carbocycles. The average molecular weight is 242 g/mol. The van der Waals surface area contributed by atoms with Crippen LogP contribution in [0.2, 0.25) is 0 Å². The summed E-state index contributed by atoms with van der Waals surface area (Å²) in [5, 5.41) is 6.14. The van der Waals surface area contributed by atoms with E-state index in [1.54, 1.807) is 7.11 Å². The number of ether oxygens (including phenoxy) is 1. The Labute approximate surface area is 104 Å². The maximum Gasteiger partial charge on any atom is 0.234 e. The van der Waals surface area contributed by atoms with Gasteiger partial charge in [-0.25, -0.2) is 0 Å². The lowest BCUT2D eigenvalue weighted by molar-refractivity contribution is -0.121. The molecule has 0 spiro atoms. The summed E-state index contributed by atoms with van der Waals surface area (Å²) in [7, 11) is 1.66. The highest BCUT2D eigenvalue weighted by molar-refractivity contribution is 5.78. The van der Waals surface area contributed by atoms with Gasteiger partial charge in [0.15, 0.2) is 0 Å². The van der Waals surface area contributed by atoms with Crippen molar-refractivity contribution in [3.05, 3.63) is 0 Å². The first-order valence-electron chi connectivity index (χ1n) is 6.73. The highest BCUT2D eigenvalue weighted by Gasteiger charge is 2.20. The van der Waals surface area contributed by atoms with E-state index in [9.17, 15) is 4.79 Å². The van der Waals surface area contributed by atoms with Gasteiger partial charge in [-0.1, -0.05) is 19.3 Å². The van der Waals surface area contributed by atoms with Crippen LogP contribution in [0.25, 0.3) is 0 Å². The Bertz CT molecular complexity index is 215. The largest absolute Gasteiger partial charge is 0.383 e. The van der Waals surface area contributed by atoms with Gasteiger partial charge in [0.05, 0.1) is 13.2 Å². The summed E-state index contributed by atoms with van der Waals surface area (Å²) in [5.74, 6) is 0.769. The molecule has 0 unspecified atom stereocenters. The van der Waals surface area contributed by atoms with Crippen molar-refractivity contribution < 1.29 is 9.53 Å². The van der Waals surface area contributed by atoms with Crippen molar-refractivity contribution in [2.75, 3.05) is 26.8 Å². The zero-order chi connectivity index (χ0) is 12.5. The van der Waals surface area contributed by atoms with Crippen LogP contribution in [0.1, 0.15) is 39.0 Å². The minimum absolute atomic E-state index is 0.0965. The molecule has 0 heterocycles. The summed E-state index contributed by atoms with van der Waals surface area (Å²) in [6.07, 6.45) is 6.51. The maximum atomic E-state index is 11.6. The van der Waals surface area contributed by atoms with Gasteiger partial charge in [-0.15, -0.1) is 0 Å². The first-order valence-corrected chi connectivity index (χ1v) is 6.73. The highest BCUT2D eigenvalue weighted by atomic mass is 16.5. The minimum Gasteiger partial charge on any atom is -0.383 e. The van der Waals surface area contributed by atoms with Crippen LogP contribution >= 0.6 is 0 Å². The average Bonchev–Trinajstić information content (AvgIpc) is 2.36. The Morgan fingerprint density at radius 3 is 2.71 bits per heavy atom. The number of hydrogen-bond acceptors (Lipinski definition) is 3. The van der Waals surface area contributed by atoms with E-state index in [1.165, 1.54) is 32.1 Å². The number of carbonyl (C=O) groups is 1. The lowest BCUT2D eigenvalue weighted by Crippen LogP contribution is -2.43. The molecule has 0 saturated heterocycles. The Morgan fingerprint density at radius 1 is 1.35 bits per heavy atom. The van der Waals surface area contributed by atoms with Crippen LogP contribution in [-0.2, 0) is 9.53 Å². The first kappa shape index (κ1) is 14.5. The van der Waals surface area contributed by atoms with Gasteiger partial charge in [0.2, 0.25) is 5.91 Å². The number of rotatable bonds is 7. The molecular weight excluding hydrogens is 216 g/mol. The number of amides is 1. The fourth-order valence-corrected chi connectivity index (χ4v) is 2.43. The van der Waals surface area contributed by atoms with Gasteiger partial charge in [-0.3, -0.25) is 4.79 Å². The van der Waals surface area contributed by atoms with E-state index >= 15 is 0 Å². The molecule has 100 valence electrons. The molecule has 1 fully saturated rings. The van der Waals surface area contributed by atoms with E-state index in [1.807, 2.05) is 0 Å². The first-order chi connectivity index (χ1) is 8.24. The fourth-order valence-electron chi connectivity index (χ4n) is 2.43. The van der Waals surface area contributed by atoms with Gasteiger partial charge in [0.1, 0.15) is 0 Å². The van der Waals surface area contributed by atoms with E-state index in [0.717, 1.165) is 6.54 Å². The summed E-state index contributed by atoms with van der Waals surface area (Å²) in [5.41, 5.74) is 0. The Hall–Kier alpha value is -0.610. The van der Waals surface area contributed by atoms with Crippen molar-refractivity contribution in [3.63, 3.8) is 0 Å². The Morgan fingerprint density at radius 2 is 2.06 bits per heavy atom. The van der Waals surface area contributed by atoms with Crippen molar-refractivity contribution >= 4 is 5.91 Å². The zero-order valence-corrected chi connectivity index (χ0v) is 11.1. The van der Waals surface area contributed by atoms with Crippen molar-refractivity contribution in [1.82, 2.24) is 10.6 Å². The van der Waals surface area contributed by atoms with E-state index in [2.05, 4.69) is 17.6 Å². The van der Waals surface area contributed by atoms with Crippen LogP contribution in [0.5, 0.6) is 0 Å². The molecule has 4 nitrogen and oxygen atoms in total. The second-order valence-electron chi connectivity index (χ2n) is 4.92. The molecule has 1 saturated carbocycles.